The molecule has 104 heavy (non-hydrogen) atoms. The molecule has 0 N–H and O–H groups in total. The number of anilines is 6. The fourth-order valence-electron chi connectivity index (χ4n) is 9.08. The van der Waals surface area contributed by atoms with Crippen LogP contribution in [0.4, 0.5) is 62.9 Å². The Labute approximate surface area is 629 Å². The first-order valence-electron chi connectivity index (χ1n) is 32.0. The predicted octanol–water partition coefficient (Wildman–Crippen LogP) is 18.9. The van der Waals surface area contributed by atoms with Crippen molar-refractivity contribution in [2.24, 2.45) is 5.10 Å². The number of imide groups is 4. The molecule has 0 spiro atoms. The molecule has 30 heteroatoms. The maximum Gasteiger partial charge on any atom is 0.435 e. The van der Waals surface area contributed by atoms with Gasteiger partial charge in [0.2, 0.25) is 0 Å². The Morgan fingerprint density at radius 2 is 0.712 bits per heavy atom. The summed E-state index contributed by atoms with van der Waals surface area (Å²) in [5, 5.41) is 3.64. The number of amides is 10. The lowest BCUT2D eigenvalue weighted by molar-refractivity contribution is -0.120. The van der Waals surface area contributed by atoms with Crippen molar-refractivity contribution in [3.8, 4) is 0 Å². The van der Waals surface area contributed by atoms with Crippen molar-refractivity contribution < 1.29 is 86.0 Å². The second kappa shape index (κ2) is 32.7. The van der Waals surface area contributed by atoms with Gasteiger partial charge in [-0.2, -0.15) is 10.1 Å². The third-order valence-corrected chi connectivity index (χ3v) is 15.2. The molecule has 0 atom stereocenters. The van der Waals surface area contributed by atoms with Crippen LogP contribution in [0.15, 0.2) is 102 Å². The lowest BCUT2D eigenvalue weighted by Gasteiger charge is -2.30. The van der Waals surface area contributed by atoms with Crippen molar-refractivity contribution in [3.63, 3.8) is 0 Å². The number of halogens is 5. The van der Waals surface area contributed by atoms with Crippen molar-refractivity contribution in [1.29, 1.82) is 0 Å². The fraction of sp³-hybridized carbons (Fsp3) is 0.392. The molecule has 0 saturated heterocycles. The van der Waals surface area contributed by atoms with Crippen molar-refractivity contribution in [3.05, 3.63) is 150 Å². The Balaban J connectivity index is 1.80. The molecule has 0 unspecified atom stereocenters. The van der Waals surface area contributed by atoms with Crippen LogP contribution < -0.4 is 29.5 Å². The highest BCUT2D eigenvalue weighted by molar-refractivity contribution is 6.69. The molecule has 5 aromatic rings. The van der Waals surface area contributed by atoms with E-state index >= 15 is 9.59 Å². The smallest absolute Gasteiger partial charge is 0.435 e. The third kappa shape index (κ3) is 22.3. The molecule has 0 aromatic heterocycles. The molecule has 0 fully saturated rings. The summed E-state index contributed by atoms with van der Waals surface area (Å²) in [6, 6.07) is 17.7. The summed E-state index contributed by atoms with van der Waals surface area (Å²) in [6.07, 6.45) is -7.27. The number of rotatable bonds is 14. The van der Waals surface area contributed by atoms with Crippen LogP contribution in [0.25, 0.3) is 0 Å². The highest BCUT2D eigenvalue weighted by Crippen LogP contribution is 2.40. The van der Waals surface area contributed by atoms with Crippen LogP contribution in [0.1, 0.15) is 176 Å². The molecule has 0 aliphatic carbocycles. The summed E-state index contributed by atoms with van der Waals surface area (Å²) in [7, 11) is 0. The molecule has 0 heterocycles. The molecule has 558 valence electrons. The fourth-order valence-corrected chi connectivity index (χ4v) is 10.1. The van der Waals surface area contributed by atoms with Gasteiger partial charge < -0.3 is 28.4 Å². The molecule has 0 aliphatic heterocycles. The number of hydrazone groups is 1. The Hall–Kier alpha value is -9.40. The summed E-state index contributed by atoms with van der Waals surface area (Å²) in [5.41, 5.74) is -12.2. The van der Waals surface area contributed by atoms with Gasteiger partial charge in [0.1, 0.15) is 33.6 Å². The molecule has 0 bridgehead atoms. The summed E-state index contributed by atoms with van der Waals surface area (Å²) >= 11 is 33.8. The van der Waals surface area contributed by atoms with E-state index in [2.05, 4.69) is 5.10 Å². The van der Waals surface area contributed by atoms with Crippen LogP contribution >= 0.6 is 58.0 Å². The number of ketones is 2. The molecular formula is C74H84Cl5N7O18. The summed E-state index contributed by atoms with van der Waals surface area (Å²) in [6.45, 7) is 33.2. The number of aryl methyl sites for hydroxylation is 1. The molecule has 10 amide bonds. The first-order valence-corrected chi connectivity index (χ1v) is 33.9. The van der Waals surface area contributed by atoms with Crippen molar-refractivity contribution in [2.45, 2.75) is 193 Å². The molecule has 0 saturated carbocycles. The lowest BCUT2D eigenvalue weighted by Crippen LogP contribution is -2.47. The highest BCUT2D eigenvalue weighted by Gasteiger charge is 2.42. The zero-order chi connectivity index (χ0) is 79.3. The minimum absolute atomic E-state index is 0.00602. The van der Waals surface area contributed by atoms with Gasteiger partial charge in [-0.3, -0.25) is 33.7 Å². The minimum Gasteiger partial charge on any atom is -0.443 e. The molecule has 25 nitrogen and oxygen atoms in total. The number of benzene rings is 5. The van der Waals surface area contributed by atoms with Gasteiger partial charge >= 0.3 is 36.6 Å². The monoisotopic (exact) mass is 1530 g/mol. The van der Waals surface area contributed by atoms with E-state index < -0.39 is 144 Å². The molecule has 5 aromatic carbocycles. The van der Waals surface area contributed by atoms with Crippen LogP contribution in [-0.2, 0) is 47.6 Å². The van der Waals surface area contributed by atoms with Gasteiger partial charge in [-0.05, 0) is 242 Å². The number of hydrogen-bond donors (Lipinski definition) is 0. The zero-order valence-corrected chi connectivity index (χ0v) is 65.8. The van der Waals surface area contributed by atoms with Crippen molar-refractivity contribution in [2.75, 3.05) is 29.5 Å². The third-order valence-electron chi connectivity index (χ3n) is 13.5. The number of hydrogen-bond acceptors (Lipinski definition) is 19. The average molecular weight is 1540 g/mol. The minimum atomic E-state index is -1.64. The van der Waals surface area contributed by atoms with E-state index in [0.29, 0.717) is 41.9 Å². The summed E-state index contributed by atoms with van der Waals surface area (Å²) in [4.78, 5) is 179. The maximum absolute atomic E-state index is 15.6. The van der Waals surface area contributed by atoms with Gasteiger partial charge in [0.15, 0.2) is 17.3 Å². The van der Waals surface area contributed by atoms with Crippen LogP contribution in [0.5, 0.6) is 0 Å². The van der Waals surface area contributed by atoms with Gasteiger partial charge in [-0.25, -0.2) is 48.4 Å². The van der Waals surface area contributed by atoms with E-state index in [4.69, 9.17) is 86.4 Å². The molecular weight excluding hydrogens is 1450 g/mol. The topological polar surface area (TPSA) is 292 Å². The standard InChI is InChI=1S/C74H84Cl5N7O18/c1-39-34-56(85(67(97)103-73(18,19)20)62(92)58(43(5)88)80-86(68(98)104-74(21,22)23)57-36-45(31-33-50(57)78)60(90)83(65(95)101-71(12,13)14)53-29-25-27-48(76)41(53)3)51(79)37-54(39)84(66(96)102-72(15,16)17)61(91)46(42(4)87)38-81(63(93)99-69(6,7)8)55-35-44(30-32-49(55)77)59(89)82(64(94)100-70(9,10)11)52-28-24-26-47(75)40(52)2/h24-38H,1-23H3/b46-38+,80-58+. The SMILES string of the molecule is CC(=O)/C(=C\N(C(=O)OC(C)(C)C)c1cc(C(=O)N(C(=O)OC(C)(C)C)c2cccc(Cl)c2C)ccc1Cl)C(=O)N(C(=O)OC(C)(C)C)c1cc(Cl)c(N(C(=O)OC(C)(C)C)C(=O)/C(=N/N(C(=O)OC(C)(C)C)c2cc(C(=O)N(C(=O)OC(C)(C)C)c3cccc(Cl)c3C)ccc2Cl)C(C)=O)cc1C. The Kier molecular flexibility index (Phi) is 26.8. The Bertz CT molecular complexity index is 4100. The first kappa shape index (κ1) is 85.2. The first-order chi connectivity index (χ1) is 47.4. The van der Waals surface area contributed by atoms with E-state index in [9.17, 15) is 47.9 Å². The van der Waals surface area contributed by atoms with Gasteiger partial charge in [0.25, 0.3) is 23.6 Å². The molecule has 0 aliphatic rings. The van der Waals surface area contributed by atoms with E-state index in [-0.39, 0.29) is 53.1 Å². The Morgan fingerprint density at radius 3 is 1.10 bits per heavy atom. The lowest BCUT2D eigenvalue weighted by atomic mass is 10.1. The van der Waals surface area contributed by atoms with E-state index in [1.165, 1.54) is 145 Å². The number of carbonyl (C=O) groups excluding carboxylic acids is 12. The van der Waals surface area contributed by atoms with E-state index in [0.717, 1.165) is 44.2 Å². The van der Waals surface area contributed by atoms with Gasteiger partial charge in [-0.15, -0.1) is 0 Å². The molecule has 0 radical (unpaired) electrons. The summed E-state index contributed by atoms with van der Waals surface area (Å²) < 4.78 is 34.3. The molecule has 5 rings (SSSR count). The largest absolute Gasteiger partial charge is 0.443 e. The quantitative estimate of drug-likeness (QED) is 0.0249. The predicted molar refractivity (Wildman–Crippen MR) is 399 cm³/mol. The number of carbonyl (C=O) groups is 12. The highest BCUT2D eigenvalue weighted by atomic mass is 35.5. The van der Waals surface area contributed by atoms with Crippen molar-refractivity contribution >= 4 is 170 Å². The van der Waals surface area contributed by atoms with E-state index in [1.807, 2.05) is 0 Å². The van der Waals surface area contributed by atoms with Crippen LogP contribution in [0.2, 0.25) is 25.1 Å². The van der Waals surface area contributed by atoms with Gasteiger partial charge in [0.05, 0.1) is 54.8 Å². The Morgan fingerprint density at radius 1 is 0.356 bits per heavy atom. The second-order valence-corrected chi connectivity index (χ2v) is 31.5. The summed E-state index contributed by atoms with van der Waals surface area (Å²) in [5.74, 6) is -7.57. The normalized spacial score (nSPS) is 12.2. The van der Waals surface area contributed by atoms with E-state index in [1.54, 1.807) is 55.4 Å². The maximum atomic E-state index is 15.6. The van der Waals surface area contributed by atoms with Crippen LogP contribution in [0.3, 0.4) is 0 Å². The second-order valence-electron chi connectivity index (χ2n) is 29.4. The van der Waals surface area contributed by atoms with Crippen LogP contribution in [0, 0.1) is 20.8 Å². The average Bonchev–Trinajstić information content (AvgIpc) is 0.776. The van der Waals surface area contributed by atoms with Crippen LogP contribution in [-0.4, -0.2) is 111 Å². The number of Topliss-reactive ketones (excluding diaryl/α,β-unsaturated/α-hetero) is 2. The zero-order valence-electron chi connectivity index (χ0n) is 62.0. The van der Waals surface area contributed by atoms with Crippen molar-refractivity contribution in [1.82, 2.24) is 0 Å². The number of nitrogens with zero attached hydrogens (tertiary/aromatic N) is 7. The van der Waals surface area contributed by atoms with Gasteiger partial charge in [0, 0.05) is 34.3 Å². The number of ether oxygens (including phenoxy) is 6. The van der Waals surface area contributed by atoms with Gasteiger partial charge in [-0.1, -0.05) is 70.1 Å².